The predicted octanol–water partition coefficient (Wildman–Crippen LogP) is 1.93. The Balaban J connectivity index is 3.23. The highest BCUT2D eigenvalue weighted by atomic mass is 16.5. The molecule has 0 bridgehead atoms. The first-order valence-corrected chi connectivity index (χ1v) is 4.42. The minimum absolute atomic E-state index is 0.137. The third-order valence-corrected chi connectivity index (χ3v) is 1.92. The number of aromatic nitrogens is 1. The van der Waals surface area contributed by atoms with E-state index in [1.807, 2.05) is 13.8 Å². The number of pyridine rings is 1. The van der Waals surface area contributed by atoms with Crippen molar-refractivity contribution < 1.29 is 14.6 Å². The highest BCUT2D eigenvalue weighted by molar-refractivity contribution is 5.43. The Morgan fingerprint density at radius 2 is 1.93 bits per heavy atom. The Hall–Kier alpha value is -1.45. The molecule has 0 fully saturated rings. The Labute approximate surface area is 83.5 Å². The third-order valence-electron chi connectivity index (χ3n) is 1.92. The van der Waals surface area contributed by atoms with Gasteiger partial charge in [0.05, 0.1) is 19.9 Å². The molecule has 0 aliphatic heterocycles. The van der Waals surface area contributed by atoms with Gasteiger partial charge in [-0.15, -0.1) is 0 Å². The van der Waals surface area contributed by atoms with E-state index in [2.05, 4.69) is 4.98 Å². The highest BCUT2D eigenvalue weighted by Crippen LogP contribution is 2.33. The van der Waals surface area contributed by atoms with Crippen LogP contribution in [0.3, 0.4) is 0 Å². The van der Waals surface area contributed by atoms with E-state index >= 15 is 0 Å². The minimum Gasteiger partial charge on any atom is -0.506 e. The second-order valence-electron chi connectivity index (χ2n) is 3.26. The number of aromatic hydroxyl groups is 1. The van der Waals surface area contributed by atoms with Crippen LogP contribution in [0.15, 0.2) is 6.07 Å². The minimum atomic E-state index is 0.137. The van der Waals surface area contributed by atoms with E-state index in [0.29, 0.717) is 17.3 Å². The molecule has 1 heterocycles. The standard InChI is InChI=1S/C10H15NO3/c1-6(2)9-7(12)5-8(13-3)10(11-9)14-4/h5-6,12H,1-4H3. The summed E-state index contributed by atoms with van der Waals surface area (Å²) >= 11 is 0. The number of nitrogens with zero attached hydrogens (tertiary/aromatic N) is 1. The van der Waals surface area contributed by atoms with Crippen LogP contribution in [-0.4, -0.2) is 24.3 Å². The molecule has 4 heteroatoms. The van der Waals surface area contributed by atoms with Gasteiger partial charge in [-0.05, 0) is 5.92 Å². The van der Waals surface area contributed by atoms with Crippen molar-refractivity contribution >= 4 is 0 Å². The zero-order valence-corrected chi connectivity index (χ0v) is 8.87. The first kappa shape index (κ1) is 10.6. The van der Waals surface area contributed by atoms with Gasteiger partial charge in [-0.1, -0.05) is 13.8 Å². The summed E-state index contributed by atoms with van der Waals surface area (Å²) in [6, 6.07) is 1.52. The molecule has 0 amide bonds. The van der Waals surface area contributed by atoms with E-state index in [-0.39, 0.29) is 11.7 Å². The van der Waals surface area contributed by atoms with Crippen LogP contribution in [0.1, 0.15) is 25.5 Å². The topological polar surface area (TPSA) is 51.6 Å². The lowest BCUT2D eigenvalue weighted by Gasteiger charge is -2.12. The molecule has 0 radical (unpaired) electrons. The summed E-state index contributed by atoms with van der Waals surface area (Å²) in [5.74, 6) is 1.12. The first-order valence-electron chi connectivity index (χ1n) is 4.42. The van der Waals surface area contributed by atoms with Gasteiger partial charge < -0.3 is 14.6 Å². The van der Waals surface area contributed by atoms with E-state index in [1.165, 1.54) is 20.3 Å². The van der Waals surface area contributed by atoms with Crippen molar-refractivity contribution in [1.29, 1.82) is 0 Å². The number of methoxy groups -OCH3 is 2. The number of rotatable bonds is 3. The van der Waals surface area contributed by atoms with Crippen molar-refractivity contribution in [3.63, 3.8) is 0 Å². The summed E-state index contributed by atoms with van der Waals surface area (Å²) in [4.78, 5) is 4.16. The van der Waals surface area contributed by atoms with Gasteiger partial charge in [0.1, 0.15) is 5.75 Å². The quantitative estimate of drug-likeness (QED) is 0.804. The van der Waals surface area contributed by atoms with E-state index in [9.17, 15) is 5.11 Å². The van der Waals surface area contributed by atoms with E-state index in [0.717, 1.165) is 0 Å². The van der Waals surface area contributed by atoms with Gasteiger partial charge in [-0.2, -0.15) is 0 Å². The molecule has 1 N–H and O–H groups in total. The fourth-order valence-electron chi connectivity index (χ4n) is 1.20. The number of hydrogen-bond acceptors (Lipinski definition) is 4. The molecule has 0 aliphatic carbocycles. The number of ether oxygens (including phenoxy) is 2. The summed E-state index contributed by atoms with van der Waals surface area (Å²) < 4.78 is 10.0. The summed E-state index contributed by atoms with van der Waals surface area (Å²) in [6.07, 6.45) is 0. The Morgan fingerprint density at radius 1 is 1.29 bits per heavy atom. The lowest BCUT2D eigenvalue weighted by molar-refractivity contribution is 0.335. The Bertz CT molecular complexity index is 323. The molecule has 0 saturated carbocycles. The van der Waals surface area contributed by atoms with Crippen LogP contribution in [0.4, 0.5) is 0 Å². The van der Waals surface area contributed by atoms with E-state index < -0.39 is 0 Å². The molecule has 78 valence electrons. The van der Waals surface area contributed by atoms with Gasteiger partial charge in [-0.25, -0.2) is 4.98 Å². The summed E-state index contributed by atoms with van der Waals surface area (Å²) in [5, 5.41) is 9.61. The van der Waals surface area contributed by atoms with Crippen molar-refractivity contribution in [3.8, 4) is 17.4 Å². The summed E-state index contributed by atoms with van der Waals surface area (Å²) in [6.45, 7) is 3.90. The van der Waals surface area contributed by atoms with E-state index in [4.69, 9.17) is 9.47 Å². The Morgan fingerprint density at radius 3 is 2.36 bits per heavy atom. The van der Waals surface area contributed by atoms with Crippen molar-refractivity contribution in [2.75, 3.05) is 14.2 Å². The molecule has 14 heavy (non-hydrogen) atoms. The SMILES string of the molecule is COc1cc(O)c(C(C)C)nc1OC. The molecule has 0 aliphatic rings. The lowest BCUT2D eigenvalue weighted by Crippen LogP contribution is -1.99. The average molecular weight is 197 g/mol. The summed E-state index contributed by atoms with van der Waals surface area (Å²) in [7, 11) is 3.03. The number of hydrogen-bond donors (Lipinski definition) is 1. The van der Waals surface area contributed by atoms with Crippen molar-refractivity contribution in [1.82, 2.24) is 4.98 Å². The normalized spacial score (nSPS) is 10.4. The van der Waals surface area contributed by atoms with Crippen LogP contribution < -0.4 is 9.47 Å². The van der Waals surface area contributed by atoms with Crippen LogP contribution in [0, 0.1) is 0 Å². The van der Waals surface area contributed by atoms with Gasteiger partial charge in [0, 0.05) is 6.07 Å². The molecule has 1 aromatic rings. The molecule has 1 rings (SSSR count). The van der Waals surface area contributed by atoms with Gasteiger partial charge in [0.2, 0.25) is 0 Å². The third kappa shape index (κ3) is 1.89. The molecular formula is C10H15NO3. The van der Waals surface area contributed by atoms with Gasteiger partial charge in [0.15, 0.2) is 5.75 Å². The van der Waals surface area contributed by atoms with Crippen LogP contribution in [0.5, 0.6) is 17.4 Å². The van der Waals surface area contributed by atoms with Gasteiger partial charge in [-0.3, -0.25) is 0 Å². The highest BCUT2D eigenvalue weighted by Gasteiger charge is 2.14. The van der Waals surface area contributed by atoms with Crippen molar-refractivity contribution in [3.05, 3.63) is 11.8 Å². The Kier molecular flexibility index (Phi) is 3.17. The smallest absolute Gasteiger partial charge is 0.257 e. The molecule has 0 atom stereocenters. The molecule has 1 aromatic heterocycles. The molecule has 0 aromatic carbocycles. The van der Waals surface area contributed by atoms with Crippen LogP contribution in [-0.2, 0) is 0 Å². The van der Waals surface area contributed by atoms with E-state index in [1.54, 1.807) is 0 Å². The monoisotopic (exact) mass is 197 g/mol. The van der Waals surface area contributed by atoms with Crippen LogP contribution >= 0.6 is 0 Å². The molecule has 0 spiro atoms. The van der Waals surface area contributed by atoms with Gasteiger partial charge in [0.25, 0.3) is 5.88 Å². The fraction of sp³-hybridized carbons (Fsp3) is 0.500. The lowest BCUT2D eigenvalue weighted by atomic mass is 10.1. The molecule has 4 nitrogen and oxygen atoms in total. The molecular weight excluding hydrogens is 182 g/mol. The zero-order valence-electron chi connectivity index (χ0n) is 8.87. The van der Waals surface area contributed by atoms with Crippen molar-refractivity contribution in [2.45, 2.75) is 19.8 Å². The first-order chi connectivity index (χ1) is 6.60. The maximum absolute atomic E-state index is 9.61. The fourth-order valence-corrected chi connectivity index (χ4v) is 1.20. The molecule has 0 saturated heterocycles. The maximum atomic E-state index is 9.61. The summed E-state index contributed by atoms with van der Waals surface area (Å²) in [5.41, 5.74) is 0.614. The van der Waals surface area contributed by atoms with Crippen molar-refractivity contribution in [2.24, 2.45) is 0 Å². The maximum Gasteiger partial charge on any atom is 0.257 e. The zero-order chi connectivity index (χ0) is 10.7. The van der Waals surface area contributed by atoms with Crippen LogP contribution in [0.25, 0.3) is 0 Å². The van der Waals surface area contributed by atoms with Gasteiger partial charge >= 0.3 is 0 Å². The predicted molar refractivity (Wildman–Crippen MR) is 53.1 cm³/mol. The second-order valence-corrected chi connectivity index (χ2v) is 3.26. The van der Waals surface area contributed by atoms with Crippen LogP contribution in [0.2, 0.25) is 0 Å². The largest absolute Gasteiger partial charge is 0.506 e. The second kappa shape index (κ2) is 4.17. The molecule has 0 unspecified atom stereocenters. The average Bonchev–Trinajstić information content (AvgIpc) is 2.16.